The third-order valence-corrected chi connectivity index (χ3v) is 2.82. The second-order valence-corrected chi connectivity index (χ2v) is 4.41. The molecule has 1 unspecified atom stereocenters. The van der Waals surface area contributed by atoms with Crippen molar-refractivity contribution in [3.05, 3.63) is 6.92 Å². The Labute approximate surface area is 89.1 Å². The van der Waals surface area contributed by atoms with E-state index in [2.05, 4.69) is 13.8 Å². The van der Waals surface area contributed by atoms with Gasteiger partial charge in [0.25, 0.3) is 0 Å². The van der Waals surface area contributed by atoms with Crippen LogP contribution in [0.2, 0.25) is 0 Å². The van der Waals surface area contributed by atoms with E-state index in [1.807, 2.05) is 0 Å². The molecule has 0 nitrogen and oxygen atoms in total. The summed E-state index contributed by atoms with van der Waals surface area (Å²) in [5.41, 5.74) is 0. The number of alkyl halides is 1. The summed E-state index contributed by atoms with van der Waals surface area (Å²) in [6, 6.07) is 0. The average Bonchev–Trinajstić information content (AvgIpc) is 2.14. The van der Waals surface area contributed by atoms with E-state index < -0.39 is 0 Å². The van der Waals surface area contributed by atoms with Crippen molar-refractivity contribution < 1.29 is 0 Å². The highest BCUT2D eigenvalue weighted by Crippen LogP contribution is 2.15. The van der Waals surface area contributed by atoms with Gasteiger partial charge in [0.1, 0.15) is 0 Å². The molecule has 0 N–H and O–H groups in total. The second-order valence-electron chi connectivity index (χ2n) is 3.80. The standard InChI is InChI=1S/C12H24Cl/c1-3-5-7-8-9-11-12(13)10-6-4-2/h12H,1,3-11H2,2H3. The Kier molecular flexibility index (Phi) is 10.6. The van der Waals surface area contributed by atoms with E-state index in [1.54, 1.807) is 0 Å². The molecular weight excluding hydrogens is 180 g/mol. The Hall–Kier alpha value is 0.290. The minimum atomic E-state index is 0.430. The zero-order valence-corrected chi connectivity index (χ0v) is 9.78. The van der Waals surface area contributed by atoms with E-state index in [0.717, 1.165) is 6.42 Å². The average molecular weight is 204 g/mol. The monoisotopic (exact) mass is 203 g/mol. The molecule has 0 rings (SSSR count). The molecule has 0 aliphatic rings. The zero-order chi connectivity index (χ0) is 9.94. The largest absolute Gasteiger partial charge is 0.123 e. The van der Waals surface area contributed by atoms with Gasteiger partial charge in [-0.15, -0.1) is 11.6 Å². The Morgan fingerprint density at radius 2 is 1.62 bits per heavy atom. The van der Waals surface area contributed by atoms with Gasteiger partial charge < -0.3 is 0 Å². The van der Waals surface area contributed by atoms with Crippen molar-refractivity contribution in [2.75, 3.05) is 0 Å². The van der Waals surface area contributed by atoms with E-state index in [0.29, 0.717) is 5.38 Å². The first-order valence-electron chi connectivity index (χ1n) is 5.74. The summed E-state index contributed by atoms with van der Waals surface area (Å²) in [5, 5.41) is 0.430. The smallest absolute Gasteiger partial charge is 0.0336 e. The minimum absolute atomic E-state index is 0.430. The lowest BCUT2D eigenvalue weighted by atomic mass is 10.1. The maximum atomic E-state index is 6.16. The molecule has 0 aliphatic heterocycles. The molecule has 1 heteroatoms. The second kappa shape index (κ2) is 10.4. The molecule has 0 aromatic rings. The maximum absolute atomic E-state index is 6.16. The van der Waals surface area contributed by atoms with Crippen LogP contribution in [0, 0.1) is 6.92 Å². The van der Waals surface area contributed by atoms with Crippen molar-refractivity contribution >= 4 is 11.6 Å². The lowest BCUT2D eigenvalue weighted by Gasteiger charge is -2.07. The SMILES string of the molecule is [CH2]CCCCCCC(Cl)CCCC. The molecule has 79 valence electrons. The highest BCUT2D eigenvalue weighted by Gasteiger charge is 2.02. The maximum Gasteiger partial charge on any atom is 0.0336 e. The first-order chi connectivity index (χ1) is 6.31. The van der Waals surface area contributed by atoms with Gasteiger partial charge in [0.2, 0.25) is 0 Å². The Morgan fingerprint density at radius 1 is 1.00 bits per heavy atom. The molecule has 0 spiro atoms. The summed E-state index contributed by atoms with van der Waals surface area (Å²) in [6.45, 7) is 6.05. The molecule has 0 bridgehead atoms. The Bertz CT molecular complexity index is 91.1. The van der Waals surface area contributed by atoms with Crippen LogP contribution in [0.1, 0.15) is 64.7 Å². The molecule has 13 heavy (non-hydrogen) atoms. The van der Waals surface area contributed by atoms with Gasteiger partial charge in [-0.1, -0.05) is 58.8 Å². The molecule has 0 amide bonds. The lowest BCUT2D eigenvalue weighted by molar-refractivity contribution is 0.571. The molecule has 0 aliphatic carbocycles. The minimum Gasteiger partial charge on any atom is -0.123 e. The van der Waals surface area contributed by atoms with Crippen molar-refractivity contribution in [3.63, 3.8) is 0 Å². The van der Waals surface area contributed by atoms with Crippen LogP contribution in [0.5, 0.6) is 0 Å². The predicted octanol–water partition coefficient (Wildman–Crippen LogP) is 4.96. The predicted molar refractivity (Wildman–Crippen MR) is 62.2 cm³/mol. The van der Waals surface area contributed by atoms with E-state index >= 15 is 0 Å². The molecule has 1 radical (unpaired) electrons. The fourth-order valence-corrected chi connectivity index (χ4v) is 1.77. The van der Waals surface area contributed by atoms with Gasteiger partial charge >= 0.3 is 0 Å². The van der Waals surface area contributed by atoms with Crippen molar-refractivity contribution in [1.29, 1.82) is 0 Å². The van der Waals surface area contributed by atoms with E-state index in [1.165, 1.54) is 51.4 Å². The van der Waals surface area contributed by atoms with E-state index in [-0.39, 0.29) is 0 Å². The number of hydrogen-bond acceptors (Lipinski definition) is 0. The number of hydrogen-bond donors (Lipinski definition) is 0. The van der Waals surface area contributed by atoms with Gasteiger partial charge in [0.15, 0.2) is 0 Å². The van der Waals surface area contributed by atoms with Gasteiger partial charge in [-0.25, -0.2) is 0 Å². The van der Waals surface area contributed by atoms with Crippen molar-refractivity contribution in [3.8, 4) is 0 Å². The van der Waals surface area contributed by atoms with Gasteiger partial charge in [-0.3, -0.25) is 0 Å². The van der Waals surface area contributed by atoms with Gasteiger partial charge in [-0.2, -0.15) is 0 Å². The van der Waals surface area contributed by atoms with Crippen molar-refractivity contribution in [2.24, 2.45) is 0 Å². The van der Waals surface area contributed by atoms with Crippen LogP contribution in [0.4, 0.5) is 0 Å². The third kappa shape index (κ3) is 10.2. The molecular formula is C12H24Cl. The summed E-state index contributed by atoms with van der Waals surface area (Å²) >= 11 is 6.16. The Morgan fingerprint density at radius 3 is 2.23 bits per heavy atom. The number of halogens is 1. The van der Waals surface area contributed by atoms with Crippen LogP contribution in [-0.4, -0.2) is 5.38 Å². The summed E-state index contributed by atoms with van der Waals surface area (Å²) in [6.07, 6.45) is 11.3. The summed E-state index contributed by atoms with van der Waals surface area (Å²) in [7, 11) is 0. The van der Waals surface area contributed by atoms with Crippen LogP contribution in [0.15, 0.2) is 0 Å². The molecule has 0 aromatic carbocycles. The van der Waals surface area contributed by atoms with Crippen LogP contribution in [0.3, 0.4) is 0 Å². The van der Waals surface area contributed by atoms with Crippen LogP contribution in [0.25, 0.3) is 0 Å². The number of unbranched alkanes of at least 4 members (excludes halogenated alkanes) is 5. The molecule has 1 atom stereocenters. The van der Waals surface area contributed by atoms with Crippen LogP contribution in [-0.2, 0) is 0 Å². The van der Waals surface area contributed by atoms with E-state index in [9.17, 15) is 0 Å². The van der Waals surface area contributed by atoms with Crippen molar-refractivity contribution in [2.45, 2.75) is 70.1 Å². The van der Waals surface area contributed by atoms with Gasteiger partial charge in [0, 0.05) is 5.38 Å². The zero-order valence-electron chi connectivity index (χ0n) is 9.03. The van der Waals surface area contributed by atoms with Crippen LogP contribution >= 0.6 is 11.6 Å². The highest BCUT2D eigenvalue weighted by molar-refractivity contribution is 6.20. The first kappa shape index (κ1) is 13.3. The first-order valence-corrected chi connectivity index (χ1v) is 6.18. The Balaban J connectivity index is 3.03. The van der Waals surface area contributed by atoms with Gasteiger partial charge in [0.05, 0.1) is 0 Å². The molecule has 0 aromatic heterocycles. The third-order valence-electron chi connectivity index (χ3n) is 2.39. The fourth-order valence-electron chi connectivity index (χ4n) is 1.47. The summed E-state index contributed by atoms with van der Waals surface area (Å²) in [4.78, 5) is 0. The lowest BCUT2D eigenvalue weighted by Crippen LogP contribution is -1.97. The van der Waals surface area contributed by atoms with Gasteiger partial charge in [-0.05, 0) is 12.8 Å². The number of rotatable bonds is 9. The van der Waals surface area contributed by atoms with Crippen molar-refractivity contribution in [1.82, 2.24) is 0 Å². The molecule has 0 fully saturated rings. The van der Waals surface area contributed by atoms with E-state index in [4.69, 9.17) is 11.6 Å². The molecule has 0 heterocycles. The summed E-state index contributed by atoms with van der Waals surface area (Å²) < 4.78 is 0. The fraction of sp³-hybridized carbons (Fsp3) is 0.917. The highest BCUT2D eigenvalue weighted by atomic mass is 35.5. The molecule has 0 saturated carbocycles. The molecule has 0 saturated heterocycles. The normalized spacial score (nSPS) is 13.2. The summed E-state index contributed by atoms with van der Waals surface area (Å²) in [5.74, 6) is 0. The quantitative estimate of drug-likeness (QED) is 0.367. The van der Waals surface area contributed by atoms with Crippen LogP contribution < -0.4 is 0 Å². The topological polar surface area (TPSA) is 0 Å².